The average molecular weight is 241 g/mol. The molecular weight excluding hydrogens is 229 g/mol. The quantitative estimate of drug-likeness (QED) is 0.792. The van der Waals surface area contributed by atoms with Crippen LogP contribution < -0.4 is 10.5 Å². The van der Waals surface area contributed by atoms with Gasteiger partial charge in [0, 0.05) is 6.07 Å². The Morgan fingerprint density at radius 3 is 2.88 bits per heavy atom. The Labute approximate surface area is 97.3 Å². The van der Waals surface area contributed by atoms with Crippen LogP contribution in [-0.2, 0) is 4.74 Å². The molecule has 0 aliphatic rings. The maximum absolute atomic E-state index is 12.9. The van der Waals surface area contributed by atoms with E-state index in [1.165, 1.54) is 6.07 Å². The largest absolute Gasteiger partial charge is 0.486 e. The topological polar surface area (TPSA) is 78.6 Å². The summed E-state index contributed by atoms with van der Waals surface area (Å²) in [6.07, 6.45) is -0.908. The summed E-state index contributed by atoms with van der Waals surface area (Å²) in [5, 5.41) is 0. The van der Waals surface area contributed by atoms with Crippen molar-refractivity contribution >= 4 is 12.4 Å². The van der Waals surface area contributed by atoms with Crippen LogP contribution in [0.15, 0.2) is 18.2 Å². The molecular formula is C11H12FNO4. The SMILES string of the molecule is C[C@@H](COC(N)=O)Oc1cc(F)ccc1C=O. The maximum Gasteiger partial charge on any atom is 0.404 e. The molecule has 0 aliphatic heterocycles. The van der Waals surface area contributed by atoms with Gasteiger partial charge in [-0.05, 0) is 19.1 Å². The number of rotatable bonds is 5. The molecule has 0 unspecified atom stereocenters. The van der Waals surface area contributed by atoms with Crippen molar-refractivity contribution in [2.24, 2.45) is 5.73 Å². The summed E-state index contributed by atoms with van der Waals surface area (Å²) in [5.74, 6) is -0.422. The van der Waals surface area contributed by atoms with Gasteiger partial charge >= 0.3 is 6.09 Å². The molecule has 1 amide bonds. The lowest BCUT2D eigenvalue weighted by molar-refractivity contribution is 0.0943. The van der Waals surface area contributed by atoms with Gasteiger partial charge in [0.25, 0.3) is 0 Å². The number of primary amides is 1. The first-order valence-electron chi connectivity index (χ1n) is 4.86. The number of hydrogen-bond acceptors (Lipinski definition) is 4. The molecule has 0 radical (unpaired) electrons. The highest BCUT2D eigenvalue weighted by Crippen LogP contribution is 2.19. The minimum Gasteiger partial charge on any atom is -0.486 e. The number of hydrogen-bond donors (Lipinski definition) is 1. The second kappa shape index (κ2) is 5.83. The molecule has 1 aromatic carbocycles. The molecule has 0 bridgehead atoms. The standard InChI is InChI=1S/C11H12FNO4/c1-7(6-16-11(13)15)17-10-4-9(12)3-2-8(10)5-14/h2-5,7H,6H2,1H3,(H2,13,15)/t7-/m0/s1. The lowest BCUT2D eigenvalue weighted by Crippen LogP contribution is -2.24. The van der Waals surface area contributed by atoms with Crippen LogP contribution in [0.3, 0.4) is 0 Å². The van der Waals surface area contributed by atoms with Crippen LogP contribution in [0.25, 0.3) is 0 Å². The summed E-state index contributed by atoms with van der Waals surface area (Å²) in [4.78, 5) is 21.0. The first-order valence-corrected chi connectivity index (χ1v) is 4.86. The third kappa shape index (κ3) is 4.10. The number of carbonyl (C=O) groups is 2. The van der Waals surface area contributed by atoms with Crippen molar-refractivity contribution in [3.8, 4) is 5.75 Å². The summed E-state index contributed by atoms with van der Waals surface area (Å²) in [6.45, 7) is 1.52. The normalized spacial score (nSPS) is 11.6. The van der Waals surface area contributed by atoms with E-state index in [4.69, 9.17) is 10.5 Å². The van der Waals surface area contributed by atoms with Crippen LogP contribution in [0.4, 0.5) is 9.18 Å². The van der Waals surface area contributed by atoms with E-state index in [9.17, 15) is 14.0 Å². The number of carbonyl (C=O) groups excluding carboxylic acids is 2. The van der Waals surface area contributed by atoms with Crippen molar-refractivity contribution in [2.75, 3.05) is 6.61 Å². The van der Waals surface area contributed by atoms with Crippen molar-refractivity contribution in [2.45, 2.75) is 13.0 Å². The zero-order valence-electron chi connectivity index (χ0n) is 9.18. The van der Waals surface area contributed by atoms with Gasteiger partial charge in [0.1, 0.15) is 24.3 Å². The third-order valence-corrected chi connectivity index (χ3v) is 1.89. The lowest BCUT2D eigenvalue weighted by Gasteiger charge is -2.15. The molecule has 0 aromatic heterocycles. The first kappa shape index (κ1) is 13.0. The minimum absolute atomic E-state index is 0.0792. The zero-order chi connectivity index (χ0) is 12.8. The van der Waals surface area contributed by atoms with Gasteiger partial charge in [-0.25, -0.2) is 9.18 Å². The molecule has 17 heavy (non-hydrogen) atoms. The van der Waals surface area contributed by atoms with Crippen LogP contribution in [0.2, 0.25) is 0 Å². The maximum atomic E-state index is 12.9. The third-order valence-electron chi connectivity index (χ3n) is 1.89. The van der Waals surface area contributed by atoms with Crippen LogP contribution in [-0.4, -0.2) is 25.1 Å². The van der Waals surface area contributed by atoms with Crippen molar-refractivity contribution in [3.05, 3.63) is 29.6 Å². The molecule has 1 atom stereocenters. The molecule has 0 saturated carbocycles. The predicted octanol–water partition coefficient (Wildman–Crippen LogP) is 1.50. The molecule has 92 valence electrons. The molecule has 1 aromatic rings. The Morgan fingerprint density at radius 1 is 1.59 bits per heavy atom. The number of benzene rings is 1. The van der Waals surface area contributed by atoms with Crippen LogP contribution >= 0.6 is 0 Å². The molecule has 0 heterocycles. The Hall–Kier alpha value is -2.11. The van der Waals surface area contributed by atoms with Gasteiger partial charge < -0.3 is 15.2 Å². The predicted molar refractivity (Wildman–Crippen MR) is 57.4 cm³/mol. The highest BCUT2D eigenvalue weighted by Gasteiger charge is 2.10. The lowest BCUT2D eigenvalue weighted by atomic mass is 10.2. The van der Waals surface area contributed by atoms with Gasteiger partial charge in [0.15, 0.2) is 6.29 Å². The van der Waals surface area contributed by atoms with Gasteiger partial charge in [-0.1, -0.05) is 0 Å². The van der Waals surface area contributed by atoms with Gasteiger partial charge in [-0.15, -0.1) is 0 Å². The van der Waals surface area contributed by atoms with Gasteiger partial charge in [0.2, 0.25) is 0 Å². The van der Waals surface area contributed by atoms with E-state index in [2.05, 4.69) is 4.74 Å². The van der Waals surface area contributed by atoms with Crippen LogP contribution in [0.1, 0.15) is 17.3 Å². The van der Waals surface area contributed by atoms with E-state index in [-0.39, 0.29) is 17.9 Å². The fourth-order valence-electron chi connectivity index (χ4n) is 1.16. The fourth-order valence-corrected chi connectivity index (χ4v) is 1.16. The Morgan fingerprint density at radius 2 is 2.29 bits per heavy atom. The highest BCUT2D eigenvalue weighted by molar-refractivity contribution is 5.79. The summed E-state index contributed by atoms with van der Waals surface area (Å²) >= 11 is 0. The molecule has 0 spiro atoms. The monoisotopic (exact) mass is 241 g/mol. The second-order valence-corrected chi connectivity index (χ2v) is 3.36. The average Bonchev–Trinajstić information content (AvgIpc) is 2.27. The molecule has 0 saturated heterocycles. The Bertz CT molecular complexity index is 422. The first-order chi connectivity index (χ1) is 8.02. The smallest absolute Gasteiger partial charge is 0.404 e. The van der Waals surface area contributed by atoms with Crippen molar-refractivity contribution < 1.29 is 23.5 Å². The van der Waals surface area contributed by atoms with E-state index in [1.54, 1.807) is 6.92 Å². The van der Waals surface area contributed by atoms with Crippen molar-refractivity contribution in [1.82, 2.24) is 0 Å². The van der Waals surface area contributed by atoms with E-state index in [0.717, 1.165) is 12.1 Å². The molecule has 5 nitrogen and oxygen atoms in total. The van der Waals surface area contributed by atoms with Gasteiger partial charge in [-0.2, -0.15) is 0 Å². The van der Waals surface area contributed by atoms with Crippen molar-refractivity contribution in [3.63, 3.8) is 0 Å². The summed E-state index contributed by atoms with van der Waals surface area (Å²) in [5.41, 5.74) is 5.00. The van der Waals surface area contributed by atoms with E-state index >= 15 is 0 Å². The van der Waals surface area contributed by atoms with E-state index in [0.29, 0.717) is 6.29 Å². The highest BCUT2D eigenvalue weighted by atomic mass is 19.1. The van der Waals surface area contributed by atoms with Gasteiger partial charge in [-0.3, -0.25) is 4.79 Å². The van der Waals surface area contributed by atoms with Crippen LogP contribution in [0.5, 0.6) is 5.75 Å². The zero-order valence-corrected chi connectivity index (χ0v) is 9.18. The number of nitrogens with two attached hydrogens (primary N) is 1. The minimum atomic E-state index is -0.921. The molecule has 6 heteroatoms. The second-order valence-electron chi connectivity index (χ2n) is 3.36. The number of halogens is 1. The summed E-state index contributed by atoms with van der Waals surface area (Å²) in [6, 6.07) is 3.55. The van der Waals surface area contributed by atoms with E-state index < -0.39 is 18.0 Å². The molecule has 0 aliphatic carbocycles. The van der Waals surface area contributed by atoms with Gasteiger partial charge in [0.05, 0.1) is 5.56 Å². The van der Waals surface area contributed by atoms with E-state index in [1.807, 2.05) is 0 Å². The molecule has 0 fully saturated rings. The summed E-state index contributed by atoms with van der Waals surface area (Å²) in [7, 11) is 0. The fraction of sp³-hybridized carbons (Fsp3) is 0.273. The number of aldehydes is 1. The molecule has 2 N–H and O–H groups in total. The summed E-state index contributed by atoms with van der Waals surface area (Å²) < 4.78 is 22.7. The van der Waals surface area contributed by atoms with Crippen LogP contribution in [0, 0.1) is 5.82 Å². The Kier molecular flexibility index (Phi) is 4.45. The molecule has 1 rings (SSSR count). The van der Waals surface area contributed by atoms with Crippen molar-refractivity contribution in [1.29, 1.82) is 0 Å². The Balaban J connectivity index is 2.69. The number of ether oxygens (including phenoxy) is 2. The number of amides is 1.